The Kier molecular flexibility index (Phi) is 7.08. The van der Waals surface area contributed by atoms with E-state index < -0.39 is 0 Å². The molecule has 0 atom stereocenters. The highest BCUT2D eigenvalue weighted by atomic mass is 32.2. The van der Waals surface area contributed by atoms with Crippen LogP contribution >= 0.6 is 11.8 Å². The van der Waals surface area contributed by atoms with Crippen molar-refractivity contribution in [2.75, 3.05) is 5.75 Å². The second-order valence-corrected chi connectivity index (χ2v) is 6.92. The topological polar surface area (TPSA) is 84.7 Å². The van der Waals surface area contributed by atoms with Gasteiger partial charge in [0.25, 0.3) is 0 Å². The molecule has 2 aromatic rings. The lowest BCUT2D eigenvalue weighted by atomic mass is 10.2. The molecule has 0 saturated carbocycles. The molecule has 0 bridgehead atoms. The number of nitrogens with zero attached hydrogens (tertiary/aromatic N) is 3. The van der Waals surface area contributed by atoms with Crippen molar-refractivity contribution in [2.24, 2.45) is 5.73 Å². The molecular formula is C19H24N4OS. The van der Waals surface area contributed by atoms with Crippen LogP contribution in [0.2, 0.25) is 0 Å². The first kappa shape index (κ1) is 19.1. The summed E-state index contributed by atoms with van der Waals surface area (Å²) in [5, 5.41) is 9.88. The van der Waals surface area contributed by atoms with Gasteiger partial charge in [-0.25, -0.2) is 4.98 Å². The van der Waals surface area contributed by atoms with Crippen LogP contribution in [0.3, 0.4) is 0 Å². The number of benzene rings is 1. The van der Waals surface area contributed by atoms with Gasteiger partial charge in [0.2, 0.25) is 0 Å². The highest BCUT2D eigenvalue weighted by Crippen LogP contribution is 2.25. The number of ketones is 1. The first-order valence-corrected chi connectivity index (χ1v) is 9.54. The minimum Gasteiger partial charge on any atom is -0.401 e. The number of carbonyl (C=O) groups is 1. The first-order chi connectivity index (χ1) is 12.1. The van der Waals surface area contributed by atoms with Crippen LogP contribution in [0.5, 0.6) is 0 Å². The van der Waals surface area contributed by atoms with Crippen LogP contribution in [-0.2, 0) is 11.3 Å². The number of para-hydroxylation sites is 2. The second-order valence-electron chi connectivity index (χ2n) is 5.98. The minimum absolute atomic E-state index is 0.0399. The number of thioether (sulfide) groups is 1. The monoisotopic (exact) mass is 356 g/mol. The molecule has 0 saturated heterocycles. The number of Topliss-reactive ketones (excluding diaryl/α,β-unsaturated/α-hetero) is 1. The fourth-order valence-corrected chi connectivity index (χ4v) is 3.56. The smallest absolute Gasteiger partial charge is 0.185 e. The molecule has 2 rings (SSSR count). The molecule has 0 amide bonds. The van der Waals surface area contributed by atoms with Crippen molar-refractivity contribution in [3.8, 4) is 6.07 Å². The Bertz CT molecular complexity index is 812. The van der Waals surface area contributed by atoms with Crippen LogP contribution in [0.25, 0.3) is 11.0 Å². The molecule has 0 aliphatic carbocycles. The molecule has 0 radical (unpaired) electrons. The van der Waals surface area contributed by atoms with Gasteiger partial charge in [0.15, 0.2) is 10.9 Å². The summed E-state index contributed by atoms with van der Waals surface area (Å²) < 4.78 is 2.17. The molecule has 2 N–H and O–H groups in total. The van der Waals surface area contributed by atoms with E-state index in [1.54, 1.807) is 6.92 Å². The number of imidazole rings is 1. The number of unbranched alkanes of at least 4 members (excludes halogenated alkanes) is 3. The molecule has 0 fully saturated rings. The third-order valence-electron chi connectivity index (χ3n) is 3.97. The third kappa shape index (κ3) is 4.86. The summed E-state index contributed by atoms with van der Waals surface area (Å²) in [5.74, 6) is -0.0903. The van der Waals surface area contributed by atoms with Gasteiger partial charge in [-0.1, -0.05) is 50.1 Å². The zero-order chi connectivity index (χ0) is 18.2. The van der Waals surface area contributed by atoms with Crippen LogP contribution in [0.15, 0.2) is 40.7 Å². The van der Waals surface area contributed by atoms with Gasteiger partial charge >= 0.3 is 0 Å². The molecule has 1 aromatic heterocycles. The lowest BCUT2D eigenvalue weighted by Crippen LogP contribution is -2.11. The van der Waals surface area contributed by atoms with E-state index in [4.69, 9.17) is 11.0 Å². The summed E-state index contributed by atoms with van der Waals surface area (Å²) >= 11 is 1.37. The maximum Gasteiger partial charge on any atom is 0.185 e. The zero-order valence-electron chi connectivity index (χ0n) is 14.8. The zero-order valence-corrected chi connectivity index (χ0v) is 15.6. The molecule has 5 nitrogen and oxygen atoms in total. The third-order valence-corrected chi connectivity index (χ3v) is 4.95. The largest absolute Gasteiger partial charge is 0.401 e. The van der Waals surface area contributed by atoms with Crippen LogP contribution in [0.1, 0.15) is 39.5 Å². The Morgan fingerprint density at radius 2 is 2.08 bits per heavy atom. The number of aryl methyl sites for hydroxylation is 1. The van der Waals surface area contributed by atoms with Gasteiger partial charge in [-0.3, -0.25) is 4.79 Å². The summed E-state index contributed by atoms with van der Waals surface area (Å²) in [5.41, 5.74) is 7.93. The number of hydrogen-bond donors (Lipinski definition) is 1. The Morgan fingerprint density at radius 3 is 2.76 bits per heavy atom. The van der Waals surface area contributed by atoms with Gasteiger partial charge in [-0.2, -0.15) is 5.26 Å². The molecule has 132 valence electrons. The lowest BCUT2D eigenvalue weighted by molar-refractivity contribution is -0.112. The van der Waals surface area contributed by atoms with Crippen molar-refractivity contribution < 1.29 is 4.79 Å². The van der Waals surface area contributed by atoms with E-state index >= 15 is 0 Å². The SMILES string of the molecule is CCCCCCn1c(SCC(=O)/C(C#N)=C(\C)N)nc2ccccc21. The second kappa shape index (κ2) is 9.28. The van der Waals surface area contributed by atoms with Crippen LogP contribution in [0.4, 0.5) is 0 Å². The summed E-state index contributed by atoms with van der Waals surface area (Å²) in [6.45, 7) is 4.65. The van der Waals surface area contributed by atoms with Crippen LogP contribution in [0, 0.1) is 11.3 Å². The lowest BCUT2D eigenvalue weighted by Gasteiger charge is -2.08. The Balaban J connectivity index is 2.18. The number of allylic oxidation sites excluding steroid dienone is 2. The number of hydrogen-bond acceptors (Lipinski definition) is 5. The van der Waals surface area contributed by atoms with E-state index in [0.29, 0.717) is 0 Å². The van der Waals surface area contributed by atoms with Gasteiger partial charge < -0.3 is 10.3 Å². The van der Waals surface area contributed by atoms with Crippen molar-refractivity contribution in [2.45, 2.75) is 51.2 Å². The minimum atomic E-state index is -0.253. The number of aromatic nitrogens is 2. The number of nitrogens with two attached hydrogens (primary N) is 1. The molecule has 1 heterocycles. The molecule has 6 heteroatoms. The summed E-state index contributed by atoms with van der Waals surface area (Å²) in [7, 11) is 0. The predicted molar refractivity (Wildman–Crippen MR) is 102 cm³/mol. The van der Waals surface area contributed by atoms with Crippen molar-refractivity contribution in [1.29, 1.82) is 5.26 Å². The van der Waals surface area contributed by atoms with E-state index in [-0.39, 0.29) is 22.8 Å². The summed E-state index contributed by atoms with van der Waals surface area (Å²) in [4.78, 5) is 16.9. The van der Waals surface area contributed by atoms with Crippen LogP contribution < -0.4 is 5.73 Å². The molecule has 25 heavy (non-hydrogen) atoms. The fraction of sp³-hybridized carbons (Fsp3) is 0.421. The van der Waals surface area contributed by atoms with E-state index in [2.05, 4.69) is 22.5 Å². The molecule has 0 unspecified atom stereocenters. The summed E-state index contributed by atoms with van der Waals surface area (Å²) in [6, 6.07) is 9.89. The predicted octanol–water partition coefficient (Wildman–Crippen LogP) is 4.03. The molecule has 0 aliphatic heterocycles. The van der Waals surface area contributed by atoms with Crippen molar-refractivity contribution in [1.82, 2.24) is 9.55 Å². The number of rotatable bonds is 9. The normalized spacial score (nSPS) is 12.0. The quantitative estimate of drug-likeness (QED) is 0.317. The van der Waals surface area contributed by atoms with Gasteiger partial charge in [0, 0.05) is 12.2 Å². The number of fused-ring (bicyclic) bond motifs is 1. The van der Waals surface area contributed by atoms with Crippen molar-refractivity contribution >= 4 is 28.6 Å². The highest BCUT2D eigenvalue weighted by Gasteiger charge is 2.16. The molecule has 1 aromatic carbocycles. The van der Waals surface area contributed by atoms with E-state index in [1.165, 1.54) is 31.0 Å². The van der Waals surface area contributed by atoms with Crippen LogP contribution in [-0.4, -0.2) is 21.1 Å². The standard InChI is InChI=1S/C19H24N4OS/c1-3-4-5-8-11-23-17-10-7-6-9-16(17)22-19(23)25-13-18(24)15(12-20)14(2)21/h6-7,9-10H,3-5,8,11,13,21H2,1-2H3/b15-14+. The molecular weight excluding hydrogens is 332 g/mol. The maximum absolute atomic E-state index is 12.2. The van der Waals surface area contributed by atoms with Gasteiger partial charge in [0.05, 0.1) is 16.8 Å². The Labute approximate surface area is 152 Å². The fourth-order valence-electron chi connectivity index (χ4n) is 2.65. The van der Waals surface area contributed by atoms with E-state index in [9.17, 15) is 4.79 Å². The van der Waals surface area contributed by atoms with Crippen molar-refractivity contribution in [3.05, 3.63) is 35.5 Å². The Morgan fingerprint density at radius 1 is 1.32 bits per heavy atom. The van der Waals surface area contributed by atoms with E-state index in [1.807, 2.05) is 24.3 Å². The maximum atomic E-state index is 12.2. The Hall–Kier alpha value is -2.26. The first-order valence-electron chi connectivity index (χ1n) is 8.56. The van der Waals surface area contributed by atoms with Gasteiger partial charge in [-0.05, 0) is 25.5 Å². The highest BCUT2D eigenvalue weighted by molar-refractivity contribution is 7.99. The number of carbonyl (C=O) groups excluding carboxylic acids is 1. The van der Waals surface area contributed by atoms with E-state index in [0.717, 1.165) is 29.2 Å². The van der Waals surface area contributed by atoms with Gasteiger partial charge in [0.1, 0.15) is 11.6 Å². The average molecular weight is 356 g/mol. The molecule has 0 aliphatic rings. The van der Waals surface area contributed by atoms with Gasteiger partial charge in [-0.15, -0.1) is 0 Å². The number of nitriles is 1. The molecule has 0 spiro atoms. The van der Waals surface area contributed by atoms with Crippen molar-refractivity contribution in [3.63, 3.8) is 0 Å². The average Bonchev–Trinajstić information content (AvgIpc) is 2.95. The summed E-state index contributed by atoms with van der Waals surface area (Å²) in [6.07, 6.45) is 4.68.